The average Bonchev–Trinajstić information content (AvgIpc) is 2.97. The molecule has 0 aliphatic carbocycles. The number of hydrogen-bond donors (Lipinski definition) is 3. The zero-order chi connectivity index (χ0) is 34.5. The lowest BCUT2D eigenvalue weighted by Gasteiger charge is -2.35. The van der Waals surface area contributed by atoms with E-state index in [1.54, 1.807) is 41.5 Å². The van der Waals surface area contributed by atoms with E-state index in [2.05, 4.69) is 30.2 Å². The molecule has 3 atom stereocenters. The van der Waals surface area contributed by atoms with Crippen LogP contribution in [0.2, 0.25) is 0 Å². The smallest absolute Gasteiger partial charge is 0.408 e. The number of thiol groups is 1. The quantitative estimate of drug-likeness (QED) is 0.120. The number of carbonyl (C=O) groups is 4. The summed E-state index contributed by atoms with van der Waals surface area (Å²) >= 11 is 4.38. The van der Waals surface area contributed by atoms with Crippen molar-refractivity contribution in [1.82, 2.24) is 15.5 Å². The number of nitrogens with zero attached hydrogens (tertiary/aromatic N) is 1. The number of aryl methyl sites for hydroxylation is 1. The number of alkyl carbamates (subject to hydrolysis) is 1. The molecule has 0 aliphatic rings. The minimum Gasteiger partial charge on any atom is -0.458 e. The SMILES string of the molecule is CCCCCN(C(=O)C(CS)NC(=O)OC(C)(C)C)C(C(=O)NC(Cc1ccccc1)C(=O)OC(C)(C)C)c1ccc(CC)cc1. The summed E-state index contributed by atoms with van der Waals surface area (Å²) in [6.07, 6.45) is 2.60. The van der Waals surface area contributed by atoms with Gasteiger partial charge in [-0.2, -0.15) is 12.6 Å². The molecule has 0 saturated carbocycles. The zero-order valence-electron chi connectivity index (χ0n) is 28.7. The van der Waals surface area contributed by atoms with Crippen molar-refractivity contribution in [1.29, 1.82) is 0 Å². The van der Waals surface area contributed by atoms with Gasteiger partial charge in [-0.3, -0.25) is 9.59 Å². The molecule has 0 bridgehead atoms. The van der Waals surface area contributed by atoms with E-state index in [0.717, 1.165) is 30.4 Å². The van der Waals surface area contributed by atoms with Gasteiger partial charge in [-0.1, -0.05) is 81.3 Å². The molecule has 0 spiro atoms. The number of unbranched alkanes of at least 4 members (excludes halogenated alkanes) is 2. The number of carbonyl (C=O) groups excluding carboxylic acids is 4. The van der Waals surface area contributed by atoms with Crippen LogP contribution < -0.4 is 10.6 Å². The van der Waals surface area contributed by atoms with Gasteiger partial charge < -0.3 is 25.0 Å². The molecule has 0 heterocycles. The molecule has 2 rings (SSSR count). The number of rotatable bonds is 15. The van der Waals surface area contributed by atoms with E-state index in [1.807, 2.05) is 61.5 Å². The van der Waals surface area contributed by atoms with Crippen molar-refractivity contribution in [2.24, 2.45) is 0 Å². The Morgan fingerprint density at radius 2 is 1.39 bits per heavy atom. The Hall–Kier alpha value is -3.53. The summed E-state index contributed by atoms with van der Waals surface area (Å²) < 4.78 is 11.1. The first kappa shape index (κ1) is 38.7. The fourth-order valence-electron chi connectivity index (χ4n) is 4.81. The molecule has 2 aromatic carbocycles. The lowest BCUT2D eigenvalue weighted by Crippen LogP contribution is -2.55. The number of ether oxygens (including phenoxy) is 2. The Morgan fingerprint density at radius 1 is 0.783 bits per heavy atom. The highest BCUT2D eigenvalue weighted by molar-refractivity contribution is 7.80. The molecule has 10 heteroatoms. The van der Waals surface area contributed by atoms with Gasteiger partial charge >= 0.3 is 12.1 Å². The van der Waals surface area contributed by atoms with Gasteiger partial charge in [-0.25, -0.2) is 9.59 Å². The fraction of sp³-hybridized carbons (Fsp3) is 0.556. The van der Waals surface area contributed by atoms with Crippen molar-refractivity contribution >= 4 is 36.5 Å². The van der Waals surface area contributed by atoms with Crippen molar-refractivity contribution in [3.63, 3.8) is 0 Å². The molecule has 46 heavy (non-hydrogen) atoms. The molecule has 3 amide bonds. The lowest BCUT2D eigenvalue weighted by molar-refractivity contribution is -0.159. The monoisotopic (exact) mass is 655 g/mol. The van der Waals surface area contributed by atoms with Crippen LogP contribution in [0.25, 0.3) is 0 Å². The predicted molar refractivity (Wildman–Crippen MR) is 185 cm³/mol. The van der Waals surface area contributed by atoms with Crippen molar-refractivity contribution in [3.8, 4) is 0 Å². The molecule has 0 fully saturated rings. The van der Waals surface area contributed by atoms with E-state index >= 15 is 0 Å². The number of amides is 3. The topological polar surface area (TPSA) is 114 Å². The second kappa shape index (κ2) is 18.0. The van der Waals surface area contributed by atoms with Crippen molar-refractivity contribution in [3.05, 3.63) is 71.3 Å². The van der Waals surface area contributed by atoms with E-state index in [1.165, 1.54) is 4.90 Å². The maximum absolute atomic E-state index is 14.4. The first-order valence-electron chi connectivity index (χ1n) is 16.1. The van der Waals surface area contributed by atoms with Crippen molar-refractivity contribution < 1.29 is 28.7 Å². The van der Waals surface area contributed by atoms with Crippen molar-refractivity contribution in [2.75, 3.05) is 12.3 Å². The third-order valence-electron chi connectivity index (χ3n) is 7.01. The maximum atomic E-state index is 14.4. The van der Waals surface area contributed by atoms with Crippen LogP contribution in [-0.2, 0) is 36.7 Å². The van der Waals surface area contributed by atoms with E-state index in [4.69, 9.17) is 9.47 Å². The first-order chi connectivity index (χ1) is 21.6. The number of nitrogens with one attached hydrogen (secondary N) is 2. The van der Waals surface area contributed by atoms with Crippen LogP contribution in [0.15, 0.2) is 54.6 Å². The van der Waals surface area contributed by atoms with Gasteiger partial charge in [-0.05, 0) is 71.1 Å². The Balaban J connectivity index is 2.58. The van der Waals surface area contributed by atoms with Crippen LogP contribution in [0.1, 0.15) is 97.4 Å². The Kier molecular flexibility index (Phi) is 15.1. The molecule has 3 unspecified atom stereocenters. The number of esters is 1. The molecule has 0 saturated heterocycles. The summed E-state index contributed by atoms with van der Waals surface area (Å²) in [4.78, 5) is 56.3. The second-order valence-electron chi connectivity index (χ2n) is 13.4. The maximum Gasteiger partial charge on any atom is 0.408 e. The fourth-order valence-corrected chi connectivity index (χ4v) is 5.06. The van der Waals surface area contributed by atoms with Gasteiger partial charge in [0.2, 0.25) is 11.8 Å². The first-order valence-corrected chi connectivity index (χ1v) is 16.8. The van der Waals surface area contributed by atoms with E-state index < -0.39 is 53.2 Å². The molecule has 0 aromatic heterocycles. The largest absolute Gasteiger partial charge is 0.458 e. The van der Waals surface area contributed by atoms with Gasteiger partial charge in [0.25, 0.3) is 0 Å². The number of benzene rings is 2. The van der Waals surface area contributed by atoms with Crippen molar-refractivity contribution in [2.45, 2.75) is 117 Å². The van der Waals surface area contributed by atoms with Crippen LogP contribution >= 0.6 is 12.6 Å². The van der Waals surface area contributed by atoms with Gasteiger partial charge in [-0.15, -0.1) is 0 Å². The minimum atomic E-state index is -1.10. The predicted octanol–water partition coefficient (Wildman–Crippen LogP) is 6.20. The molecule has 254 valence electrons. The van der Waals surface area contributed by atoms with E-state index in [-0.39, 0.29) is 18.7 Å². The van der Waals surface area contributed by atoms with Crippen LogP contribution in [0.5, 0.6) is 0 Å². The highest BCUT2D eigenvalue weighted by Gasteiger charge is 2.38. The van der Waals surface area contributed by atoms with E-state index in [0.29, 0.717) is 12.0 Å². The van der Waals surface area contributed by atoms with Gasteiger partial charge in [0.05, 0.1) is 0 Å². The summed E-state index contributed by atoms with van der Waals surface area (Å²) in [6.45, 7) is 14.9. The summed E-state index contributed by atoms with van der Waals surface area (Å²) in [6, 6.07) is 13.7. The van der Waals surface area contributed by atoms with Crippen LogP contribution in [0, 0.1) is 0 Å². The summed E-state index contributed by atoms with van der Waals surface area (Å²) in [5.41, 5.74) is 0.949. The third-order valence-corrected chi connectivity index (χ3v) is 7.38. The molecule has 0 aliphatic heterocycles. The normalized spacial score (nSPS) is 13.6. The lowest BCUT2D eigenvalue weighted by atomic mass is 9.99. The Bertz CT molecular complexity index is 1270. The van der Waals surface area contributed by atoms with Crippen LogP contribution in [0.3, 0.4) is 0 Å². The average molecular weight is 656 g/mol. The summed E-state index contributed by atoms with van der Waals surface area (Å²) in [5.74, 6) is -1.60. The Labute approximate surface area is 280 Å². The standard InChI is InChI=1S/C36H53N3O6S/c1-9-11-15-22-39(32(41)29(24-46)38-34(43)45-36(6,7)8)30(27-20-18-25(10-2)19-21-27)31(40)37-28(33(42)44-35(3,4)5)23-26-16-13-12-14-17-26/h12-14,16-21,28-30,46H,9-11,15,22-24H2,1-8H3,(H,37,40)(H,38,43). The van der Waals surface area contributed by atoms with E-state index in [9.17, 15) is 19.2 Å². The van der Waals surface area contributed by atoms with Gasteiger partial charge in [0.15, 0.2) is 0 Å². The van der Waals surface area contributed by atoms with Crippen LogP contribution in [-0.4, -0.2) is 64.4 Å². The van der Waals surface area contributed by atoms with Crippen LogP contribution in [0.4, 0.5) is 4.79 Å². The third kappa shape index (κ3) is 13.1. The second-order valence-corrected chi connectivity index (χ2v) is 13.8. The molecular formula is C36H53N3O6S. The molecule has 9 nitrogen and oxygen atoms in total. The summed E-state index contributed by atoms with van der Waals surface area (Å²) in [7, 11) is 0. The number of hydrogen-bond acceptors (Lipinski definition) is 7. The minimum absolute atomic E-state index is 0.0139. The molecule has 2 N–H and O–H groups in total. The zero-order valence-corrected chi connectivity index (χ0v) is 29.6. The Morgan fingerprint density at radius 3 is 1.91 bits per heavy atom. The molecular weight excluding hydrogens is 602 g/mol. The summed E-state index contributed by atoms with van der Waals surface area (Å²) in [5, 5.41) is 5.57. The van der Waals surface area contributed by atoms with Gasteiger partial charge in [0, 0.05) is 18.7 Å². The molecule has 2 aromatic rings. The van der Waals surface area contributed by atoms with Gasteiger partial charge in [0.1, 0.15) is 29.3 Å². The highest BCUT2D eigenvalue weighted by atomic mass is 32.1. The highest BCUT2D eigenvalue weighted by Crippen LogP contribution is 2.25. The molecule has 0 radical (unpaired) electrons.